The molecule has 1 heterocycles. The zero-order valence-corrected chi connectivity index (χ0v) is 10.7. The summed E-state index contributed by atoms with van der Waals surface area (Å²) in [6, 6.07) is -1.13. The van der Waals surface area contributed by atoms with E-state index in [4.69, 9.17) is 5.11 Å². The molecular weight excluding hydrogens is 291 g/mol. The third-order valence-corrected chi connectivity index (χ3v) is 4.43. The van der Waals surface area contributed by atoms with E-state index in [0.717, 1.165) is 4.31 Å². The molecule has 0 aromatic rings. The number of carboxylic acids is 1. The maximum absolute atomic E-state index is 11.8. The molecule has 0 amide bonds. The summed E-state index contributed by atoms with van der Waals surface area (Å²) < 4.78 is 63.9. The van der Waals surface area contributed by atoms with Crippen LogP contribution in [0.4, 0.5) is 13.2 Å². The highest BCUT2D eigenvalue weighted by atomic mass is 32.2. The lowest BCUT2D eigenvalue weighted by molar-refractivity contribution is -0.172. The van der Waals surface area contributed by atoms with E-state index in [-0.39, 0.29) is 13.0 Å². The molecule has 1 rings (SSSR count). The molecule has 112 valence electrons. The van der Waals surface area contributed by atoms with Crippen molar-refractivity contribution in [3.8, 4) is 0 Å². The molecule has 19 heavy (non-hydrogen) atoms. The van der Waals surface area contributed by atoms with Crippen LogP contribution in [0.25, 0.3) is 0 Å². The van der Waals surface area contributed by atoms with E-state index in [0.29, 0.717) is 6.42 Å². The lowest BCUT2D eigenvalue weighted by Gasteiger charge is -2.20. The zero-order chi connectivity index (χ0) is 14.7. The first kappa shape index (κ1) is 16.2. The average Bonchev–Trinajstić information content (AvgIpc) is 2.72. The van der Waals surface area contributed by atoms with E-state index >= 15 is 0 Å². The number of hydrogen-bond donors (Lipinski definition) is 1. The highest BCUT2D eigenvalue weighted by Crippen LogP contribution is 2.21. The molecule has 0 aliphatic carbocycles. The first-order chi connectivity index (χ1) is 8.63. The fourth-order valence-electron chi connectivity index (χ4n) is 1.79. The van der Waals surface area contributed by atoms with Crippen LogP contribution in [-0.2, 0) is 19.6 Å². The summed E-state index contributed by atoms with van der Waals surface area (Å²) in [6.45, 7) is -2.08. The lowest BCUT2D eigenvalue weighted by Crippen LogP contribution is -2.42. The van der Waals surface area contributed by atoms with Crippen LogP contribution < -0.4 is 0 Å². The summed E-state index contributed by atoms with van der Waals surface area (Å²) >= 11 is 0. The normalized spacial score (nSPS) is 21.7. The van der Waals surface area contributed by atoms with Crippen molar-refractivity contribution in [1.82, 2.24) is 4.31 Å². The average molecular weight is 305 g/mol. The van der Waals surface area contributed by atoms with Gasteiger partial charge in [-0.2, -0.15) is 17.5 Å². The van der Waals surface area contributed by atoms with Crippen molar-refractivity contribution >= 4 is 16.0 Å². The van der Waals surface area contributed by atoms with Crippen LogP contribution in [0.2, 0.25) is 0 Å². The number of ether oxygens (including phenoxy) is 1. The summed E-state index contributed by atoms with van der Waals surface area (Å²) in [5.74, 6) is -1.91. The van der Waals surface area contributed by atoms with Crippen LogP contribution in [-0.4, -0.2) is 61.5 Å². The van der Waals surface area contributed by atoms with Gasteiger partial charge in [-0.3, -0.25) is 4.79 Å². The smallest absolute Gasteiger partial charge is 0.411 e. The molecular formula is C9H14F3NO5S. The van der Waals surface area contributed by atoms with Gasteiger partial charge in [0.15, 0.2) is 0 Å². The molecule has 0 spiro atoms. The Morgan fingerprint density at radius 2 is 2.05 bits per heavy atom. The van der Waals surface area contributed by atoms with Crippen molar-refractivity contribution in [1.29, 1.82) is 0 Å². The van der Waals surface area contributed by atoms with E-state index < -0.39 is 47.2 Å². The van der Waals surface area contributed by atoms with Crippen LogP contribution in [0.3, 0.4) is 0 Å². The Labute approximate surface area is 108 Å². The van der Waals surface area contributed by atoms with Crippen molar-refractivity contribution in [2.45, 2.75) is 25.1 Å². The van der Waals surface area contributed by atoms with Gasteiger partial charge >= 0.3 is 12.1 Å². The van der Waals surface area contributed by atoms with Gasteiger partial charge in [0.25, 0.3) is 0 Å². The van der Waals surface area contributed by atoms with Crippen LogP contribution in [0.5, 0.6) is 0 Å². The first-order valence-electron chi connectivity index (χ1n) is 5.50. The number of alkyl halides is 3. The monoisotopic (exact) mass is 305 g/mol. The molecule has 0 aromatic carbocycles. The minimum absolute atomic E-state index is 0.0680. The SMILES string of the molecule is O=C(O)C1CCCN1S(=O)(=O)CCOCC(F)(F)F. The molecule has 1 N–H and O–H groups in total. The second kappa shape index (κ2) is 6.06. The molecule has 1 fully saturated rings. The number of rotatable bonds is 6. The summed E-state index contributed by atoms with van der Waals surface area (Å²) in [5, 5.41) is 8.84. The summed E-state index contributed by atoms with van der Waals surface area (Å²) in [5.41, 5.74) is 0. The zero-order valence-electron chi connectivity index (χ0n) is 9.89. The second-order valence-corrected chi connectivity index (χ2v) is 6.13. The van der Waals surface area contributed by atoms with Crippen molar-refractivity contribution in [3.63, 3.8) is 0 Å². The molecule has 1 unspecified atom stereocenters. The van der Waals surface area contributed by atoms with Gasteiger partial charge in [-0.1, -0.05) is 0 Å². The number of halogens is 3. The molecule has 0 aromatic heterocycles. The third-order valence-electron chi connectivity index (χ3n) is 2.60. The van der Waals surface area contributed by atoms with E-state index in [1.807, 2.05) is 0 Å². The van der Waals surface area contributed by atoms with Gasteiger partial charge in [0, 0.05) is 6.54 Å². The fourth-order valence-corrected chi connectivity index (χ4v) is 3.34. The number of hydrogen-bond acceptors (Lipinski definition) is 4. The molecule has 0 saturated carbocycles. The van der Waals surface area contributed by atoms with Crippen molar-refractivity contribution in [3.05, 3.63) is 0 Å². The molecule has 1 aliphatic heterocycles. The Morgan fingerprint density at radius 1 is 1.42 bits per heavy atom. The molecule has 1 saturated heterocycles. The van der Waals surface area contributed by atoms with Crippen LogP contribution in [0.15, 0.2) is 0 Å². The Bertz CT molecular complexity index is 422. The van der Waals surface area contributed by atoms with Crippen LogP contribution >= 0.6 is 0 Å². The predicted octanol–water partition coefficient (Wildman–Crippen LogP) is 0.444. The Balaban J connectivity index is 2.50. The Morgan fingerprint density at radius 3 is 2.58 bits per heavy atom. The fraction of sp³-hybridized carbons (Fsp3) is 0.889. The Kier molecular flexibility index (Phi) is 5.16. The molecule has 0 radical (unpaired) electrons. The molecule has 10 heteroatoms. The van der Waals surface area contributed by atoms with Crippen molar-refractivity contribution in [2.24, 2.45) is 0 Å². The van der Waals surface area contributed by atoms with Gasteiger partial charge in [-0.05, 0) is 12.8 Å². The lowest BCUT2D eigenvalue weighted by atomic mass is 10.2. The molecule has 6 nitrogen and oxygen atoms in total. The maximum Gasteiger partial charge on any atom is 0.411 e. The van der Waals surface area contributed by atoms with E-state index in [9.17, 15) is 26.4 Å². The minimum atomic E-state index is -4.51. The van der Waals surface area contributed by atoms with Crippen molar-refractivity contribution < 1.29 is 36.2 Å². The third kappa shape index (κ3) is 4.96. The second-order valence-electron chi connectivity index (χ2n) is 4.09. The largest absolute Gasteiger partial charge is 0.480 e. The van der Waals surface area contributed by atoms with E-state index in [1.165, 1.54) is 0 Å². The highest BCUT2D eigenvalue weighted by Gasteiger charge is 2.38. The van der Waals surface area contributed by atoms with Crippen LogP contribution in [0.1, 0.15) is 12.8 Å². The quantitative estimate of drug-likeness (QED) is 0.720. The summed E-state index contributed by atoms with van der Waals surface area (Å²) in [7, 11) is -3.91. The van der Waals surface area contributed by atoms with Gasteiger partial charge in [0.05, 0.1) is 12.4 Å². The van der Waals surface area contributed by atoms with E-state index in [2.05, 4.69) is 4.74 Å². The van der Waals surface area contributed by atoms with Gasteiger partial charge in [-0.25, -0.2) is 8.42 Å². The standard InChI is InChI=1S/C9H14F3NO5S/c10-9(11,12)6-18-4-5-19(16,17)13-3-1-2-7(13)8(14)15/h7H,1-6H2,(H,14,15). The number of carbonyl (C=O) groups is 1. The topological polar surface area (TPSA) is 83.9 Å². The van der Waals surface area contributed by atoms with Crippen molar-refractivity contribution in [2.75, 3.05) is 25.5 Å². The van der Waals surface area contributed by atoms with Gasteiger partial charge < -0.3 is 9.84 Å². The summed E-state index contributed by atoms with van der Waals surface area (Å²) in [6.07, 6.45) is -3.89. The number of aliphatic carboxylic acids is 1. The number of sulfonamides is 1. The molecule has 1 aliphatic rings. The Hall–Kier alpha value is -0.870. The van der Waals surface area contributed by atoms with E-state index in [1.54, 1.807) is 0 Å². The maximum atomic E-state index is 11.8. The number of nitrogens with zero attached hydrogens (tertiary/aromatic N) is 1. The minimum Gasteiger partial charge on any atom is -0.480 e. The summed E-state index contributed by atoms with van der Waals surface area (Å²) in [4.78, 5) is 10.8. The van der Waals surface area contributed by atoms with Gasteiger partial charge in [0.1, 0.15) is 12.6 Å². The van der Waals surface area contributed by atoms with Gasteiger partial charge in [0.2, 0.25) is 10.0 Å². The van der Waals surface area contributed by atoms with Gasteiger partial charge in [-0.15, -0.1) is 0 Å². The first-order valence-corrected chi connectivity index (χ1v) is 7.11. The highest BCUT2D eigenvalue weighted by molar-refractivity contribution is 7.89. The number of carboxylic acid groups (broad SMARTS) is 1. The molecule has 1 atom stereocenters. The molecule has 0 bridgehead atoms. The predicted molar refractivity (Wildman–Crippen MR) is 58.0 cm³/mol. The van der Waals surface area contributed by atoms with Crippen LogP contribution in [0, 0.1) is 0 Å².